The van der Waals surface area contributed by atoms with Crippen LogP contribution < -0.4 is 10.5 Å². The fourth-order valence-corrected chi connectivity index (χ4v) is 2.33. The molecule has 0 aliphatic heterocycles. The van der Waals surface area contributed by atoms with Gasteiger partial charge in [0.25, 0.3) is 0 Å². The Morgan fingerprint density at radius 1 is 1.33 bits per heavy atom. The number of hydrogen-bond donors (Lipinski definition) is 1. The molecule has 1 aliphatic carbocycles. The maximum Gasteiger partial charge on any atom is 0.312 e. The first-order chi connectivity index (χ1) is 8.47. The van der Waals surface area contributed by atoms with Crippen LogP contribution >= 0.6 is 23.2 Å². The first kappa shape index (κ1) is 13.4. The Balaban J connectivity index is 2.25. The third-order valence-corrected chi connectivity index (χ3v) is 3.64. The summed E-state index contributed by atoms with van der Waals surface area (Å²) >= 11 is 11.6. The zero-order chi connectivity index (χ0) is 13.3. The molecule has 2 N–H and O–H groups in total. The number of nitrogens with two attached hydrogens (primary N) is 1. The Morgan fingerprint density at radius 3 is 2.56 bits per heavy atom. The fourth-order valence-electron chi connectivity index (χ4n) is 2.02. The highest BCUT2D eigenvalue weighted by atomic mass is 35.5. The second-order valence-electron chi connectivity index (χ2n) is 4.30. The van der Waals surface area contributed by atoms with Crippen LogP contribution in [0.1, 0.15) is 19.3 Å². The second-order valence-corrected chi connectivity index (χ2v) is 5.12. The number of halogens is 2. The Kier molecular flexibility index (Phi) is 3.94. The highest BCUT2D eigenvalue weighted by Gasteiger charge is 2.27. The van der Waals surface area contributed by atoms with Gasteiger partial charge in [0.05, 0.1) is 15.0 Å². The van der Waals surface area contributed by atoms with Gasteiger partial charge >= 0.3 is 5.69 Å². The number of hydrogen-bond acceptors (Lipinski definition) is 4. The van der Waals surface area contributed by atoms with Gasteiger partial charge in [-0.2, -0.15) is 0 Å². The molecular weight excluding hydrogens is 279 g/mol. The SMILES string of the molecule is NC1CCC(Oc2cc(Cl)c(Cl)cc2[N+](=O)[O-])C1. The summed E-state index contributed by atoms with van der Waals surface area (Å²) in [4.78, 5) is 10.4. The summed E-state index contributed by atoms with van der Waals surface area (Å²) in [6, 6.07) is 2.68. The lowest BCUT2D eigenvalue weighted by Gasteiger charge is -2.14. The van der Waals surface area contributed by atoms with E-state index in [0.717, 1.165) is 12.8 Å². The van der Waals surface area contributed by atoms with Crippen molar-refractivity contribution in [2.24, 2.45) is 5.73 Å². The molecular formula is C11H12Cl2N2O3. The summed E-state index contributed by atoms with van der Waals surface area (Å²) in [5, 5.41) is 11.3. The van der Waals surface area contributed by atoms with Gasteiger partial charge in [0.1, 0.15) is 6.10 Å². The molecule has 1 aliphatic rings. The van der Waals surface area contributed by atoms with Crippen LogP contribution in [0.2, 0.25) is 10.0 Å². The fraction of sp³-hybridized carbons (Fsp3) is 0.455. The average molecular weight is 291 g/mol. The van der Waals surface area contributed by atoms with Crippen LogP contribution in [0.5, 0.6) is 5.75 Å². The predicted octanol–water partition coefficient (Wildman–Crippen LogP) is 3.16. The molecule has 1 fully saturated rings. The molecule has 0 radical (unpaired) electrons. The van der Waals surface area contributed by atoms with Crippen LogP contribution in [0.15, 0.2) is 12.1 Å². The van der Waals surface area contributed by atoms with Crippen LogP contribution in [-0.2, 0) is 0 Å². The summed E-state index contributed by atoms with van der Waals surface area (Å²) in [6.45, 7) is 0. The van der Waals surface area contributed by atoms with Gasteiger partial charge in [-0.05, 0) is 19.3 Å². The first-order valence-corrected chi connectivity index (χ1v) is 6.28. The molecule has 18 heavy (non-hydrogen) atoms. The third kappa shape index (κ3) is 2.85. The first-order valence-electron chi connectivity index (χ1n) is 5.53. The summed E-state index contributed by atoms with van der Waals surface area (Å²) in [5.41, 5.74) is 5.59. The molecule has 1 aromatic rings. The maximum atomic E-state index is 10.9. The van der Waals surface area contributed by atoms with E-state index in [2.05, 4.69) is 0 Å². The highest BCUT2D eigenvalue weighted by molar-refractivity contribution is 6.42. The third-order valence-electron chi connectivity index (χ3n) is 2.92. The quantitative estimate of drug-likeness (QED) is 0.685. The normalized spacial score (nSPS) is 23.1. The molecule has 0 amide bonds. The summed E-state index contributed by atoms with van der Waals surface area (Å²) in [5.74, 6) is 0.147. The van der Waals surface area contributed by atoms with Crippen molar-refractivity contribution in [3.63, 3.8) is 0 Å². The minimum Gasteiger partial charge on any atom is -0.483 e. The van der Waals surface area contributed by atoms with Crippen LogP contribution in [0.25, 0.3) is 0 Å². The van der Waals surface area contributed by atoms with Crippen molar-refractivity contribution in [2.45, 2.75) is 31.4 Å². The number of nitro benzene ring substituents is 1. The molecule has 0 aromatic heterocycles. The summed E-state index contributed by atoms with van der Waals surface area (Å²) < 4.78 is 5.61. The molecule has 2 unspecified atom stereocenters. The van der Waals surface area contributed by atoms with E-state index < -0.39 is 4.92 Å². The Hall–Kier alpha value is -1.04. The minimum atomic E-state index is -0.535. The van der Waals surface area contributed by atoms with Crippen LogP contribution in [0, 0.1) is 10.1 Å². The van der Waals surface area contributed by atoms with Gasteiger partial charge in [-0.25, -0.2) is 0 Å². The molecule has 98 valence electrons. The topological polar surface area (TPSA) is 78.4 Å². The smallest absolute Gasteiger partial charge is 0.312 e. The summed E-state index contributed by atoms with van der Waals surface area (Å²) in [6.07, 6.45) is 2.24. The van der Waals surface area contributed by atoms with Crippen molar-refractivity contribution < 1.29 is 9.66 Å². The van der Waals surface area contributed by atoms with Gasteiger partial charge in [-0.1, -0.05) is 23.2 Å². The van der Waals surface area contributed by atoms with Gasteiger partial charge in [0, 0.05) is 18.2 Å². The second kappa shape index (κ2) is 5.30. The van der Waals surface area contributed by atoms with Crippen molar-refractivity contribution in [1.29, 1.82) is 0 Å². The van der Waals surface area contributed by atoms with Crippen LogP contribution in [0.4, 0.5) is 5.69 Å². The number of rotatable bonds is 3. The van der Waals surface area contributed by atoms with Crippen molar-refractivity contribution >= 4 is 28.9 Å². The van der Waals surface area contributed by atoms with E-state index in [-0.39, 0.29) is 33.6 Å². The van der Waals surface area contributed by atoms with Gasteiger partial charge < -0.3 is 10.5 Å². The van der Waals surface area contributed by atoms with Gasteiger partial charge in [0.2, 0.25) is 0 Å². The van der Waals surface area contributed by atoms with Gasteiger partial charge in [-0.15, -0.1) is 0 Å². The zero-order valence-corrected chi connectivity index (χ0v) is 10.9. The molecule has 2 atom stereocenters. The molecule has 1 saturated carbocycles. The average Bonchev–Trinajstić information content (AvgIpc) is 2.68. The lowest BCUT2D eigenvalue weighted by molar-refractivity contribution is -0.386. The molecule has 0 saturated heterocycles. The highest BCUT2D eigenvalue weighted by Crippen LogP contribution is 2.37. The zero-order valence-electron chi connectivity index (χ0n) is 9.44. The van der Waals surface area contributed by atoms with Gasteiger partial charge in [-0.3, -0.25) is 10.1 Å². The monoisotopic (exact) mass is 290 g/mol. The van der Waals surface area contributed by atoms with Crippen molar-refractivity contribution in [3.8, 4) is 5.75 Å². The van der Waals surface area contributed by atoms with E-state index in [1.807, 2.05) is 0 Å². The van der Waals surface area contributed by atoms with E-state index in [9.17, 15) is 10.1 Å². The number of benzene rings is 1. The lowest BCUT2D eigenvalue weighted by atomic mass is 10.2. The molecule has 5 nitrogen and oxygen atoms in total. The minimum absolute atomic E-state index is 0.0943. The maximum absolute atomic E-state index is 10.9. The molecule has 0 spiro atoms. The van der Waals surface area contributed by atoms with Crippen molar-refractivity contribution in [3.05, 3.63) is 32.3 Å². The largest absolute Gasteiger partial charge is 0.483 e. The Morgan fingerprint density at radius 2 is 2.00 bits per heavy atom. The summed E-state index contributed by atoms with van der Waals surface area (Å²) in [7, 11) is 0. The molecule has 0 bridgehead atoms. The van der Waals surface area contributed by atoms with E-state index in [1.165, 1.54) is 12.1 Å². The Bertz CT molecular complexity index is 482. The van der Waals surface area contributed by atoms with Crippen LogP contribution in [0.3, 0.4) is 0 Å². The molecule has 1 aromatic carbocycles. The predicted molar refractivity (Wildman–Crippen MR) is 69.4 cm³/mol. The lowest BCUT2D eigenvalue weighted by Crippen LogP contribution is -2.19. The van der Waals surface area contributed by atoms with E-state index in [0.29, 0.717) is 6.42 Å². The standard InChI is InChI=1S/C11H12Cl2N2O3/c12-8-4-10(15(16)17)11(5-9(8)13)18-7-2-1-6(14)3-7/h4-7H,1-3,14H2. The molecule has 7 heteroatoms. The molecule has 0 heterocycles. The van der Waals surface area contributed by atoms with Crippen LogP contribution in [-0.4, -0.2) is 17.1 Å². The van der Waals surface area contributed by atoms with Crippen molar-refractivity contribution in [1.82, 2.24) is 0 Å². The molecule has 2 rings (SSSR count). The van der Waals surface area contributed by atoms with E-state index in [4.69, 9.17) is 33.7 Å². The van der Waals surface area contributed by atoms with Crippen molar-refractivity contribution in [2.75, 3.05) is 0 Å². The number of nitro groups is 1. The number of ether oxygens (including phenoxy) is 1. The van der Waals surface area contributed by atoms with E-state index >= 15 is 0 Å². The Labute approximate surface area is 114 Å². The van der Waals surface area contributed by atoms with Gasteiger partial charge in [0.15, 0.2) is 5.75 Å². The number of nitrogens with zero attached hydrogens (tertiary/aromatic N) is 1. The van der Waals surface area contributed by atoms with E-state index in [1.54, 1.807) is 0 Å².